The van der Waals surface area contributed by atoms with Gasteiger partial charge in [-0.25, -0.2) is 4.98 Å². The number of hydrogen-bond acceptors (Lipinski definition) is 3. The molecule has 1 N–H and O–H groups in total. The van der Waals surface area contributed by atoms with Crippen LogP contribution >= 0.6 is 11.6 Å². The van der Waals surface area contributed by atoms with Crippen molar-refractivity contribution in [1.82, 2.24) is 14.7 Å². The standard InChI is InChI=1S/C19H17ClF3N3O/c20-14-6-13(19(21,22)23)7-16(8-14)27-17-9-15(10-17)25-11-12-2-1-4-26-5-3-24-18(12)26/h1-8,15,17,25H,9-11H2/t15-,17-. The molecule has 0 aliphatic heterocycles. The lowest BCUT2D eigenvalue weighted by Gasteiger charge is -2.36. The van der Waals surface area contributed by atoms with Gasteiger partial charge in [0, 0.05) is 41.8 Å². The first kappa shape index (κ1) is 18.1. The highest BCUT2D eigenvalue weighted by atomic mass is 35.5. The number of imidazole rings is 1. The third-order valence-electron chi connectivity index (χ3n) is 4.68. The molecule has 8 heteroatoms. The molecule has 1 saturated carbocycles. The Balaban J connectivity index is 1.31. The molecule has 27 heavy (non-hydrogen) atoms. The van der Waals surface area contributed by atoms with Gasteiger partial charge in [-0.1, -0.05) is 17.7 Å². The van der Waals surface area contributed by atoms with Crippen LogP contribution in [-0.4, -0.2) is 21.5 Å². The molecule has 2 heterocycles. The maximum absolute atomic E-state index is 12.9. The minimum absolute atomic E-state index is 0.0154. The molecule has 0 unspecified atom stereocenters. The maximum Gasteiger partial charge on any atom is 0.416 e. The van der Waals surface area contributed by atoms with E-state index in [1.165, 1.54) is 6.07 Å². The Morgan fingerprint density at radius 3 is 2.81 bits per heavy atom. The van der Waals surface area contributed by atoms with Crippen LogP contribution in [-0.2, 0) is 12.7 Å². The monoisotopic (exact) mass is 395 g/mol. The highest BCUT2D eigenvalue weighted by Crippen LogP contribution is 2.35. The zero-order valence-electron chi connectivity index (χ0n) is 14.2. The van der Waals surface area contributed by atoms with Crippen LogP contribution in [0.4, 0.5) is 13.2 Å². The van der Waals surface area contributed by atoms with E-state index in [1.807, 2.05) is 28.9 Å². The van der Waals surface area contributed by atoms with Gasteiger partial charge < -0.3 is 14.5 Å². The van der Waals surface area contributed by atoms with E-state index in [0.717, 1.165) is 36.2 Å². The van der Waals surface area contributed by atoms with Crippen molar-refractivity contribution in [2.45, 2.75) is 37.7 Å². The average Bonchev–Trinajstić information content (AvgIpc) is 3.04. The van der Waals surface area contributed by atoms with E-state index in [0.29, 0.717) is 6.54 Å². The fraction of sp³-hybridized carbons (Fsp3) is 0.316. The van der Waals surface area contributed by atoms with Gasteiger partial charge >= 0.3 is 6.18 Å². The van der Waals surface area contributed by atoms with Crippen LogP contribution in [0.1, 0.15) is 24.0 Å². The van der Waals surface area contributed by atoms with Gasteiger partial charge in [-0.2, -0.15) is 13.2 Å². The number of ether oxygens (including phenoxy) is 1. The normalized spacial score (nSPS) is 19.9. The molecule has 1 aromatic carbocycles. The number of nitrogens with one attached hydrogen (secondary N) is 1. The first-order chi connectivity index (χ1) is 12.9. The SMILES string of the molecule is FC(F)(F)c1cc(Cl)cc(O[C@H]2C[C@H](NCc3cccn4ccnc34)C2)c1. The van der Waals surface area contributed by atoms with Gasteiger partial charge in [0.2, 0.25) is 0 Å². The minimum atomic E-state index is -4.44. The molecule has 0 spiro atoms. The van der Waals surface area contributed by atoms with E-state index >= 15 is 0 Å². The van der Waals surface area contributed by atoms with Crippen LogP contribution in [0.2, 0.25) is 5.02 Å². The molecular weight excluding hydrogens is 379 g/mol. The lowest BCUT2D eigenvalue weighted by molar-refractivity contribution is -0.137. The number of benzene rings is 1. The summed E-state index contributed by atoms with van der Waals surface area (Å²) >= 11 is 5.79. The van der Waals surface area contributed by atoms with Gasteiger partial charge in [0.25, 0.3) is 0 Å². The Bertz CT molecular complexity index is 951. The second kappa shape index (κ2) is 7.05. The molecule has 2 aromatic heterocycles. The molecule has 0 amide bonds. The van der Waals surface area contributed by atoms with Gasteiger partial charge in [-0.3, -0.25) is 0 Å². The van der Waals surface area contributed by atoms with Gasteiger partial charge in [-0.15, -0.1) is 0 Å². The van der Waals surface area contributed by atoms with Gasteiger partial charge in [0.1, 0.15) is 17.5 Å². The topological polar surface area (TPSA) is 38.6 Å². The maximum atomic E-state index is 12.9. The van der Waals surface area contributed by atoms with Crippen LogP contribution in [0.15, 0.2) is 48.9 Å². The summed E-state index contributed by atoms with van der Waals surface area (Å²) in [5, 5.41) is 3.46. The second-order valence-electron chi connectivity index (χ2n) is 6.65. The Labute approximate surface area is 158 Å². The smallest absolute Gasteiger partial charge is 0.416 e. The summed E-state index contributed by atoms with van der Waals surface area (Å²) in [7, 11) is 0. The summed E-state index contributed by atoms with van der Waals surface area (Å²) in [5.41, 5.74) is 1.21. The number of rotatable bonds is 5. The van der Waals surface area contributed by atoms with Crippen molar-refractivity contribution >= 4 is 17.2 Å². The summed E-state index contributed by atoms with van der Waals surface area (Å²) in [6.45, 7) is 0.675. The Kier molecular flexibility index (Phi) is 4.74. The quantitative estimate of drug-likeness (QED) is 0.680. The van der Waals surface area contributed by atoms with E-state index in [4.69, 9.17) is 16.3 Å². The molecule has 4 nitrogen and oxygen atoms in total. The Morgan fingerprint density at radius 1 is 1.22 bits per heavy atom. The van der Waals surface area contributed by atoms with E-state index in [2.05, 4.69) is 10.3 Å². The van der Waals surface area contributed by atoms with Crippen molar-refractivity contribution in [2.75, 3.05) is 0 Å². The van der Waals surface area contributed by atoms with Crippen LogP contribution < -0.4 is 10.1 Å². The third-order valence-corrected chi connectivity index (χ3v) is 4.90. The van der Waals surface area contributed by atoms with Crippen molar-refractivity contribution in [1.29, 1.82) is 0 Å². The number of aromatic nitrogens is 2. The van der Waals surface area contributed by atoms with E-state index < -0.39 is 11.7 Å². The summed E-state index contributed by atoms with van der Waals surface area (Å²) in [4.78, 5) is 4.34. The van der Waals surface area contributed by atoms with Crippen molar-refractivity contribution in [3.8, 4) is 5.75 Å². The van der Waals surface area contributed by atoms with Crippen LogP contribution in [0.5, 0.6) is 5.75 Å². The van der Waals surface area contributed by atoms with Crippen molar-refractivity contribution in [2.24, 2.45) is 0 Å². The van der Waals surface area contributed by atoms with Crippen molar-refractivity contribution < 1.29 is 17.9 Å². The summed E-state index contributed by atoms with van der Waals surface area (Å²) in [6, 6.07) is 7.55. The molecule has 1 aliphatic carbocycles. The predicted octanol–water partition coefficient (Wildman–Crippen LogP) is 4.71. The van der Waals surface area contributed by atoms with E-state index in [-0.39, 0.29) is 22.9 Å². The van der Waals surface area contributed by atoms with Crippen LogP contribution in [0.3, 0.4) is 0 Å². The number of halogens is 4. The van der Waals surface area contributed by atoms with Gasteiger partial charge in [-0.05, 0) is 37.1 Å². The Morgan fingerprint density at radius 2 is 2.04 bits per heavy atom. The first-order valence-electron chi connectivity index (χ1n) is 8.57. The number of fused-ring (bicyclic) bond motifs is 1. The molecule has 0 atom stereocenters. The van der Waals surface area contributed by atoms with E-state index in [9.17, 15) is 13.2 Å². The summed E-state index contributed by atoms with van der Waals surface area (Å²) in [5.74, 6) is 0.153. The Hall–Kier alpha value is -2.25. The number of pyridine rings is 1. The lowest BCUT2D eigenvalue weighted by Crippen LogP contribution is -2.46. The lowest BCUT2D eigenvalue weighted by atomic mass is 9.89. The molecule has 0 saturated heterocycles. The number of hydrogen-bond donors (Lipinski definition) is 1. The number of nitrogens with zero attached hydrogens (tertiary/aromatic N) is 2. The van der Waals surface area contributed by atoms with Crippen molar-refractivity contribution in [3.63, 3.8) is 0 Å². The summed E-state index contributed by atoms with van der Waals surface area (Å²) in [6.07, 6.45) is 2.49. The minimum Gasteiger partial charge on any atom is -0.490 e. The molecule has 3 aromatic rings. The largest absolute Gasteiger partial charge is 0.490 e. The zero-order chi connectivity index (χ0) is 19.0. The fourth-order valence-electron chi connectivity index (χ4n) is 3.22. The highest BCUT2D eigenvalue weighted by molar-refractivity contribution is 6.30. The second-order valence-corrected chi connectivity index (χ2v) is 7.09. The summed E-state index contributed by atoms with van der Waals surface area (Å²) < 4.78 is 46.2. The molecule has 142 valence electrons. The molecule has 0 bridgehead atoms. The molecular formula is C19H17ClF3N3O. The van der Waals surface area contributed by atoms with Crippen molar-refractivity contribution in [3.05, 3.63) is 65.1 Å². The van der Waals surface area contributed by atoms with E-state index in [1.54, 1.807) is 6.20 Å². The molecule has 1 fully saturated rings. The predicted molar refractivity (Wildman–Crippen MR) is 95.9 cm³/mol. The third kappa shape index (κ3) is 4.04. The van der Waals surface area contributed by atoms with Crippen LogP contribution in [0, 0.1) is 0 Å². The highest BCUT2D eigenvalue weighted by Gasteiger charge is 2.33. The fourth-order valence-corrected chi connectivity index (χ4v) is 3.44. The molecule has 0 radical (unpaired) electrons. The zero-order valence-corrected chi connectivity index (χ0v) is 15.0. The first-order valence-corrected chi connectivity index (χ1v) is 8.95. The molecule has 4 rings (SSSR count). The average molecular weight is 396 g/mol. The van der Waals surface area contributed by atoms with Gasteiger partial charge in [0.05, 0.1) is 5.56 Å². The van der Waals surface area contributed by atoms with Crippen LogP contribution in [0.25, 0.3) is 5.65 Å². The van der Waals surface area contributed by atoms with Gasteiger partial charge in [0.15, 0.2) is 0 Å². The molecule has 1 aliphatic rings. The number of alkyl halides is 3.